The molecule has 0 aromatic carbocycles. The van der Waals surface area contributed by atoms with Crippen LogP contribution in [0.3, 0.4) is 0 Å². The molecule has 11 heavy (non-hydrogen) atoms. The minimum Gasteiger partial charge on any atom is -0.392 e. The normalized spacial score (nSPS) is 18.5. The summed E-state index contributed by atoms with van der Waals surface area (Å²) in [6.07, 6.45) is 4.86. The minimum absolute atomic E-state index is 0.198. The van der Waals surface area contributed by atoms with Crippen molar-refractivity contribution in [3.05, 3.63) is 25.3 Å². The average molecular weight is 154 g/mol. The second kappa shape index (κ2) is 4.35. The Labute approximate surface area is 69.4 Å². The monoisotopic (exact) mass is 154 g/mol. The minimum atomic E-state index is -0.307. The van der Waals surface area contributed by atoms with Gasteiger partial charge in [-0.2, -0.15) is 0 Å². The van der Waals surface area contributed by atoms with Gasteiger partial charge in [0.15, 0.2) is 0 Å². The largest absolute Gasteiger partial charge is 0.392 e. The molecule has 0 bridgehead atoms. The number of aliphatic hydroxyl groups excluding tert-OH is 1. The Hall–Kier alpha value is -0.560. The number of rotatable bonds is 5. The van der Waals surface area contributed by atoms with E-state index in [2.05, 4.69) is 13.2 Å². The maximum atomic E-state index is 9.59. The Morgan fingerprint density at radius 3 is 2.36 bits per heavy atom. The Morgan fingerprint density at radius 1 is 1.55 bits per heavy atom. The Balaban J connectivity index is 4.30. The molecule has 0 saturated carbocycles. The topological polar surface area (TPSA) is 20.2 Å². The summed E-state index contributed by atoms with van der Waals surface area (Å²) in [5.74, 6) is 0. The molecular weight excluding hydrogens is 136 g/mol. The number of hydrogen-bond acceptors (Lipinski definition) is 1. The summed E-state index contributed by atoms with van der Waals surface area (Å²) in [4.78, 5) is 0. The van der Waals surface area contributed by atoms with Gasteiger partial charge in [0, 0.05) is 5.41 Å². The molecule has 0 aliphatic heterocycles. The van der Waals surface area contributed by atoms with Gasteiger partial charge in [0.05, 0.1) is 6.10 Å². The van der Waals surface area contributed by atoms with Crippen LogP contribution in [0.25, 0.3) is 0 Å². The fourth-order valence-electron chi connectivity index (χ4n) is 1.13. The maximum Gasteiger partial charge on any atom is 0.0628 e. The smallest absolute Gasteiger partial charge is 0.0628 e. The molecule has 0 heterocycles. The van der Waals surface area contributed by atoms with Crippen molar-refractivity contribution in [2.45, 2.75) is 32.8 Å². The molecule has 0 aromatic rings. The molecule has 64 valence electrons. The summed E-state index contributed by atoms with van der Waals surface area (Å²) in [6, 6.07) is 0. The number of hydrogen-bond donors (Lipinski definition) is 1. The molecule has 0 radical (unpaired) electrons. The quantitative estimate of drug-likeness (QED) is 0.603. The average Bonchev–Trinajstić information content (AvgIpc) is 2.03. The maximum absolute atomic E-state index is 9.59. The molecule has 0 aliphatic rings. The summed E-state index contributed by atoms with van der Waals surface area (Å²) < 4.78 is 0. The lowest BCUT2D eigenvalue weighted by molar-refractivity contribution is 0.0689. The predicted molar refractivity (Wildman–Crippen MR) is 49.4 cm³/mol. The summed E-state index contributed by atoms with van der Waals surface area (Å²) >= 11 is 0. The highest BCUT2D eigenvalue weighted by molar-refractivity contribution is 4.99. The van der Waals surface area contributed by atoms with Crippen LogP contribution < -0.4 is 0 Å². The van der Waals surface area contributed by atoms with Crippen molar-refractivity contribution in [3.63, 3.8) is 0 Å². The van der Waals surface area contributed by atoms with E-state index < -0.39 is 0 Å². The first kappa shape index (κ1) is 10.4. The third-order valence-corrected chi connectivity index (χ3v) is 2.20. The summed E-state index contributed by atoms with van der Waals surface area (Å²) in [5.41, 5.74) is -0.198. The molecule has 2 unspecified atom stereocenters. The van der Waals surface area contributed by atoms with Crippen molar-refractivity contribution in [1.29, 1.82) is 0 Å². The van der Waals surface area contributed by atoms with E-state index in [1.54, 1.807) is 0 Å². The molecule has 0 saturated heterocycles. The standard InChI is InChI=1S/C10H18O/c1-5-8-10(4,7-3)9(11)6-2/h5,7,9,11H,1,3,6,8H2,2,4H3. The van der Waals surface area contributed by atoms with Gasteiger partial charge in [-0.1, -0.05) is 26.0 Å². The van der Waals surface area contributed by atoms with Crippen LogP contribution in [0.15, 0.2) is 25.3 Å². The number of allylic oxidation sites excluding steroid dienone is 1. The third kappa shape index (κ3) is 2.51. The Kier molecular flexibility index (Phi) is 4.12. The van der Waals surface area contributed by atoms with Gasteiger partial charge in [-0.05, 0) is 12.8 Å². The summed E-state index contributed by atoms with van der Waals surface area (Å²) in [6.45, 7) is 11.3. The van der Waals surface area contributed by atoms with Gasteiger partial charge in [0.25, 0.3) is 0 Å². The zero-order chi connectivity index (χ0) is 8.91. The summed E-state index contributed by atoms with van der Waals surface area (Å²) in [7, 11) is 0. The first-order valence-corrected chi connectivity index (χ1v) is 4.03. The van der Waals surface area contributed by atoms with Crippen LogP contribution in [-0.4, -0.2) is 11.2 Å². The molecule has 2 atom stereocenters. The van der Waals surface area contributed by atoms with Crippen molar-refractivity contribution in [1.82, 2.24) is 0 Å². The van der Waals surface area contributed by atoms with Crippen molar-refractivity contribution in [2.75, 3.05) is 0 Å². The van der Waals surface area contributed by atoms with E-state index >= 15 is 0 Å². The fourth-order valence-corrected chi connectivity index (χ4v) is 1.13. The Bertz CT molecular complexity index is 140. The van der Waals surface area contributed by atoms with Gasteiger partial charge in [0.2, 0.25) is 0 Å². The van der Waals surface area contributed by atoms with Crippen molar-refractivity contribution < 1.29 is 5.11 Å². The lowest BCUT2D eigenvalue weighted by atomic mass is 9.80. The van der Waals surface area contributed by atoms with Gasteiger partial charge in [0.1, 0.15) is 0 Å². The zero-order valence-corrected chi connectivity index (χ0v) is 7.51. The molecule has 0 aromatic heterocycles. The molecule has 1 nitrogen and oxygen atoms in total. The van der Waals surface area contributed by atoms with Crippen molar-refractivity contribution in [2.24, 2.45) is 5.41 Å². The zero-order valence-electron chi connectivity index (χ0n) is 7.51. The first-order valence-electron chi connectivity index (χ1n) is 4.03. The van der Waals surface area contributed by atoms with Crippen molar-refractivity contribution >= 4 is 0 Å². The van der Waals surface area contributed by atoms with Crippen LogP contribution >= 0.6 is 0 Å². The second-order valence-electron chi connectivity index (χ2n) is 3.13. The highest BCUT2D eigenvalue weighted by Crippen LogP contribution is 2.29. The fraction of sp³-hybridized carbons (Fsp3) is 0.600. The molecule has 1 N–H and O–H groups in total. The van der Waals surface area contributed by atoms with E-state index in [0.29, 0.717) is 0 Å². The molecule has 0 amide bonds. The van der Waals surface area contributed by atoms with Gasteiger partial charge in [-0.25, -0.2) is 0 Å². The lowest BCUT2D eigenvalue weighted by Gasteiger charge is -2.29. The SMILES string of the molecule is C=CCC(C)(C=C)C(O)CC. The van der Waals surface area contributed by atoms with Crippen LogP contribution in [0.5, 0.6) is 0 Å². The number of aliphatic hydroxyl groups is 1. The molecule has 0 fully saturated rings. The molecule has 1 heteroatoms. The van der Waals surface area contributed by atoms with Crippen LogP contribution in [0.4, 0.5) is 0 Å². The molecule has 0 spiro atoms. The highest BCUT2D eigenvalue weighted by atomic mass is 16.3. The predicted octanol–water partition coefficient (Wildman–Crippen LogP) is 2.53. The van der Waals surface area contributed by atoms with Gasteiger partial charge >= 0.3 is 0 Å². The van der Waals surface area contributed by atoms with Crippen LogP contribution in [0.2, 0.25) is 0 Å². The Morgan fingerprint density at radius 2 is 2.09 bits per heavy atom. The second-order valence-corrected chi connectivity index (χ2v) is 3.13. The van der Waals surface area contributed by atoms with Crippen LogP contribution in [0, 0.1) is 5.41 Å². The highest BCUT2D eigenvalue weighted by Gasteiger charge is 2.26. The van der Waals surface area contributed by atoms with E-state index in [0.717, 1.165) is 12.8 Å². The summed E-state index contributed by atoms with van der Waals surface area (Å²) in [5, 5.41) is 9.59. The van der Waals surface area contributed by atoms with E-state index in [1.165, 1.54) is 0 Å². The van der Waals surface area contributed by atoms with Crippen LogP contribution in [-0.2, 0) is 0 Å². The lowest BCUT2D eigenvalue weighted by Crippen LogP contribution is -2.28. The van der Waals surface area contributed by atoms with Crippen LogP contribution in [0.1, 0.15) is 26.7 Å². The van der Waals surface area contributed by atoms with E-state index in [-0.39, 0.29) is 11.5 Å². The first-order chi connectivity index (χ1) is 5.10. The van der Waals surface area contributed by atoms with Gasteiger partial charge < -0.3 is 5.11 Å². The molecular formula is C10H18O. The van der Waals surface area contributed by atoms with Gasteiger partial charge in [-0.15, -0.1) is 13.2 Å². The molecule has 0 aliphatic carbocycles. The van der Waals surface area contributed by atoms with Crippen molar-refractivity contribution in [3.8, 4) is 0 Å². The third-order valence-electron chi connectivity index (χ3n) is 2.20. The molecule has 0 rings (SSSR count). The van der Waals surface area contributed by atoms with E-state index in [9.17, 15) is 5.11 Å². The van der Waals surface area contributed by atoms with E-state index in [1.807, 2.05) is 26.0 Å². The van der Waals surface area contributed by atoms with E-state index in [4.69, 9.17) is 0 Å². The van der Waals surface area contributed by atoms with Gasteiger partial charge in [-0.3, -0.25) is 0 Å².